The van der Waals surface area contributed by atoms with Crippen LogP contribution in [0.3, 0.4) is 0 Å². The second kappa shape index (κ2) is 5.32. The third-order valence-corrected chi connectivity index (χ3v) is 2.72. The molecule has 2 aromatic carbocycles. The molecule has 2 nitrogen and oxygen atoms in total. The molecule has 2 aromatic rings. The van der Waals surface area contributed by atoms with Crippen LogP contribution in [0.1, 0.15) is 21.5 Å². The molecule has 0 fully saturated rings. The van der Waals surface area contributed by atoms with E-state index in [1.54, 1.807) is 24.3 Å². The fraction of sp³-hybridized carbons (Fsp3) is 0.0625. The second-order valence-electron chi connectivity index (χ2n) is 4.11. The summed E-state index contributed by atoms with van der Waals surface area (Å²) >= 11 is 0. The van der Waals surface area contributed by atoms with Crippen molar-refractivity contribution in [2.24, 2.45) is 0 Å². The topological polar surface area (TPSA) is 37.3 Å². The number of phenols is 1. The predicted octanol–water partition coefficient (Wildman–Crippen LogP) is 3.60. The summed E-state index contributed by atoms with van der Waals surface area (Å²) in [5, 5.41) is 9.56. The number of hydrogen-bond donors (Lipinski definition) is 1. The molecule has 0 spiro atoms. The van der Waals surface area contributed by atoms with Gasteiger partial charge in [0.15, 0.2) is 5.78 Å². The van der Waals surface area contributed by atoms with Crippen LogP contribution in [0.5, 0.6) is 5.75 Å². The molecule has 18 heavy (non-hydrogen) atoms. The number of hydrogen-bond acceptors (Lipinski definition) is 2. The number of rotatable bonds is 3. The van der Waals surface area contributed by atoms with Gasteiger partial charge in [0.05, 0.1) is 0 Å². The molecule has 90 valence electrons. The van der Waals surface area contributed by atoms with Crippen molar-refractivity contribution < 1.29 is 9.90 Å². The van der Waals surface area contributed by atoms with Crippen LogP contribution < -0.4 is 0 Å². The Labute approximate surface area is 106 Å². The van der Waals surface area contributed by atoms with Crippen molar-refractivity contribution >= 4 is 11.9 Å². The van der Waals surface area contributed by atoms with E-state index in [2.05, 4.69) is 0 Å². The minimum atomic E-state index is -0.0457. The lowest BCUT2D eigenvalue weighted by atomic mass is 10.1. The van der Waals surface area contributed by atoms with Crippen LogP contribution in [0.15, 0.2) is 54.6 Å². The highest BCUT2D eigenvalue weighted by atomic mass is 16.3. The maximum Gasteiger partial charge on any atom is 0.185 e. The fourth-order valence-electron chi connectivity index (χ4n) is 1.60. The monoisotopic (exact) mass is 238 g/mol. The molecule has 0 saturated carbocycles. The highest BCUT2D eigenvalue weighted by Gasteiger charge is 2.00. The van der Waals surface area contributed by atoms with Gasteiger partial charge in [0.25, 0.3) is 0 Å². The lowest BCUT2D eigenvalue weighted by Crippen LogP contribution is -1.92. The van der Waals surface area contributed by atoms with Gasteiger partial charge in [0, 0.05) is 5.56 Å². The van der Waals surface area contributed by atoms with Crippen molar-refractivity contribution in [2.45, 2.75) is 6.92 Å². The quantitative estimate of drug-likeness (QED) is 0.655. The van der Waals surface area contributed by atoms with E-state index < -0.39 is 0 Å². The predicted molar refractivity (Wildman–Crippen MR) is 72.7 cm³/mol. The number of aromatic hydroxyl groups is 1. The van der Waals surface area contributed by atoms with Crippen LogP contribution in [0.2, 0.25) is 0 Å². The molecule has 0 aliphatic carbocycles. The van der Waals surface area contributed by atoms with Crippen LogP contribution >= 0.6 is 0 Å². The first-order valence-corrected chi connectivity index (χ1v) is 5.74. The standard InChI is InChI=1S/C16H14O2/c1-12-7-8-13(11-16(12)18)9-10-15(17)14-5-3-2-4-6-14/h2-11,18H,1H3. The van der Waals surface area contributed by atoms with E-state index in [9.17, 15) is 9.90 Å². The van der Waals surface area contributed by atoms with Gasteiger partial charge in [-0.05, 0) is 30.2 Å². The normalized spacial score (nSPS) is 10.7. The van der Waals surface area contributed by atoms with E-state index in [1.165, 1.54) is 6.08 Å². The molecule has 0 saturated heterocycles. The van der Waals surface area contributed by atoms with Crippen molar-refractivity contribution in [2.75, 3.05) is 0 Å². The van der Waals surface area contributed by atoms with Gasteiger partial charge in [0.2, 0.25) is 0 Å². The zero-order chi connectivity index (χ0) is 13.0. The van der Waals surface area contributed by atoms with E-state index in [-0.39, 0.29) is 11.5 Å². The number of benzene rings is 2. The maximum absolute atomic E-state index is 11.8. The summed E-state index contributed by atoms with van der Waals surface area (Å²) in [7, 11) is 0. The van der Waals surface area contributed by atoms with Gasteiger partial charge in [-0.2, -0.15) is 0 Å². The molecular formula is C16H14O2. The Morgan fingerprint density at radius 3 is 2.50 bits per heavy atom. The summed E-state index contributed by atoms with van der Waals surface area (Å²) in [4.78, 5) is 11.8. The Hall–Kier alpha value is -2.35. The molecule has 1 N–H and O–H groups in total. The van der Waals surface area contributed by atoms with Crippen LogP contribution in [0.25, 0.3) is 6.08 Å². The van der Waals surface area contributed by atoms with Crippen LogP contribution in [0, 0.1) is 6.92 Å². The molecule has 0 unspecified atom stereocenters. The van der Waals surface area contributed by atoms with Gasteiger partial charge in [-0.25, -0.2) is 0 Å². The Kier molecular flexibility index (Phi) is 3.58. The molecule has 0 bridgehead atoms. The largest absolute Gasteiger partial charge is 0.508 e. The smallest absolute Gasteiger partial charge is 0.185 e. The van der Waals surface area contributed by atoms with E-state index in [4.69, 9.17) is 0 Å². The van der Waals surface area contributed by atoms with Gasteiger partial charge in [-0.3, -0.25) is 4.79 Å². The highest BCUT2D eigenvalue weighted by Crippen LogP contribution is 2.18. The average Bonchev–Trinajstić information content (AvgIpc) is 2.41. The van der Waals surface area contributed by atoms with Crippen LogP contribution in [-0.4, -0.2) is 10.9 Å². The Morgan fingerprint density at radius 1 is 1.11 bits per heavy atom. The van der Waals surface area contributed by atoms with Crippen molar-refractivity contribution in [3.8, 4) is 5.75 Å². The van der Waals surface area contributed by atoms with E-state index in [1.807, 2.05) is 37.3 Å². The summed E-state index contributed by atoms with van der Waals surface area (Å²) in [6, 6.07) is 14.4. The average molecular weight is 238 g/mol. The van der Waals surface area contributed by atoms with Crippen molar-refractivity contribution in [3.05, 3.63) is 71.3 Å². The molecule has 0 aromatic heterocycles. The number of allylic oxidation sites excluding steroid dienone is 1. The van der Waals surface area contributed by atoms with Gasteiger partial charge >= 0.3 is 0 Å². The number of carbonyl (C=O) groups excluding carboxylic acids is 1. The molecule has 0 atom stereocenters. The van der Waals surface area contributed by atoms with Crippen LogP contribution in [0.4, 0.5) is 0 Å². The SMILES string of the molecule is Cc1ccc(C=CC(=O)c2ccccc2)cc1O. The first kappa shape index (κ1) is 12.1. The van der Waals surface area contributed by atoms with Crippen molar-refractivity contribution in [1.82, 2.24) is 0 Å². The zero-order valence-corrected chi connectivity index (χ0v) is 10.1. The first-order chi connectivity index (χ1) is 8.66. The summed E-state index contributed by atoms with van der Waals surface area (Å²) in [5.74, 6) is 0.194. The maximum atomic E-state index is 11.8. The van der Waals surface area contributed by atoms with Gasteiger partial charge < -0.3 is 5.11 Å². The number of carbonyl (C=O) groups is 1. The van der Waals surface area contributed by atoms with Crippen molar-refractivity contribution in [1.29, 1.82) is 0 Å². The van der Waals surface area contributed by atoms with E-state index in [0.717, 1.165) is 11.1 Å². The fourth-order valence-corrected chi connectivity index (χ4v) is 1.60. The Morgan fingerprint density at radius 2 is 1.83 bits per heavy atom. The van der Waals surface area contributed by atoms with Crippen LogP contribution in [-0.2, 0) is 0 Å². The molecular weight excluding hydrogens is 224 g/mol. The van der Waals surface area contributed by atoms with E-state index in [0.29, 0.717) is 5.56 Å². The van der Waals surface area contributed by atoms with E-state index >= 15 is 0 Å². The summed E-state index contributed by atoms with van der Waals surface area (Å²) in [5.41, 5.74) is 2.29. The summed E-state index contributed by atoms with van der Waals surface area (Å²) < 4.78 is 0. The lowest BCUT2D eigenvalue weighted by Gasteiger charge is -1.99. The molecule has 0 aliphatic rings. The molecule has 0 radical (unpaired) electrons. The number of ketones is 1. The summed E-state index contributed by atoms with van der Waals surface area (Å²) in [6.45, 7) is 1.83. The number of aryl methyl sites for hydroxylation is 1. The third-order valence-electron chi connectivity index (χ3n) is 2.72. The lowest BCUT2D eigenvalue weighted by molar-refractivity contribution is 0.104. The minimum absolute atomic E-state index is 0.0457. The first-order valence-electron chi connectivity index (χ1n) is 5.74. The van der Waals surface area contributed by atoms with Gasteiger partial charge in [-0.1, -0.05) is 48.5 Å². The minimum Gasteiger partial charge on any atom is -0.508 e. The molecule has 0 aliphatic heterocycles. The molecule has 2 rings (SSSR count). The second-order valence-corrected chi connectivity index (χ2v) is 4.11. The highest BCUT2D eigenvalue weighted by molar-refractivity contribution is 6.06. The Bertz CT molecular complexity index is 583. The molecule has 0 heterocycles. The van der Waals surface area contributed by atoms with Crippen molar-refractivity contribution in [3.63, 3.8) is 0 Å². The zero-order valence-electron chi connectivity index (χ0n) is 10.1. The van der Waals surface area contributed by atoms with Gasteiger partial charge in [0.1, 0.15) is 5.75 Å². The third kappa shape index (κ3) is 2.86. The Balaban J connectivity index is 2.16. The summed E-state index contributed by atoms with van der Waals surface area (Å²) in [6.07, 6.45) is 3.22. The molecule has 2 heteroatoms. The van der Waals surface area contributed by atoms with Gasteiger partial charge in [-0.15, -0.1) is 0 Å². The number of phenolic OH excluding ortho intramolecular Hbond substituents is 1. The molecule has 0 amide bonds.